The van der Waals surface area contributed by atoms with Crippen LogP contribution in [-0.4, -0.2) is 21.6 Å². The van der Waals surface area contributed by atoms with E-state index in [0.29, 0.717) is 28.6 Å². The maximum atomic E-state index is 13.2. The number of aromatic nitrogens is 2. The molecular weight excluding hydrogens is 428 g/mol. The van der Waals surface area contributed by atoms with Gasteiger partial charge in [0.1, 0.15) is 0 Å². The van der Waals surface area contributed by atoms with E-state index >= 15 is 0 Å². The van der Waals surface area contributed by atoms with Crippen molar-refractivity contribution in [2.24, 2.45) is 5.92 Å². The van der Waals surface area contributed by atoms with Crippen LogP contribution in [0.25, 0.3) is 10.8 Å². The van der Waals surface area contributed by atoms with Gasteiger partial charge in [0.15, 0.2) is 5.69 Å². The van der Waals surface area contributed by atoms with Crippen LogP contribution in [0.5, 0.6) is 0 Å². The highest BCUT2D eigenvalue weighted by atomic mass is 16.2. The first-order chi connectivity index (χ1) is 16.4. The van der Waals surface area contributed by atoms with Crippen LogP contribution in [0.4, 0.5) is 11.4 Å². The largest absolute Gasteiger partial charge is 0.326 e. The molecule has 4 rings (SSSR count). The highest BCUT2D eigenvalue weighted by molar-refractivity contribution is 6.11. The van der Waals surface area contributed by atoms with E-state index < -0.39 is 5.91 Å². The lowest BCUT2D eigenvalue weighted by atomic mass is 10.1. The van der Waals surface area contributed by atoms with Gasteiger partial charge in [-0.05, 0) is 41.8 Å². The van der Waals surface area contributed by atoms with E-state index in [-0.39, 0.29) is 29.6 Å². The van der Waals surface area contributed by atoms with Crippen molar-refractivity contribution in [2.75, 3.05) is 10.6 Å². The van der Waals surface area contributed by atoms with Crippen LogP contribution in [0.1, 0.15) is 36.3 Å². The summed E-state index contributed by atoms with van der Waals surface area (Å²) in [5, 5.41) is 11.0. The lowest BCUT2D eigenvalue weighted by Gasteiger charge is -2.12. The summed E-state index contributed by atoms with van der Waals surface area (Å²) < 4.78 is 1.32. The van der Waals surface area contributed by atoms with Gasteiger partial charge in [0.25, 0.3) is 11.5 Å². The van der Waals surface area contributed by atoms with Crippen LogP contribution in [-0.2, 0) is 11.3 Å². The number of rotatable bonds is 7. The molecule has 4 aromatic rings. The topological polar surface area (TPSA) is 93.1 Å². The molecule has 7 nitrogen and oxygen atoms in total. The Kier molecular flexibility index (Phi) is 6.82. The second-order valence-electron chi connectivity index (χ2n) is 8.52. The van der Waals surface area contributed by atoms with Gasteiger partial charge in [-0.3, -0.25) is 14.4 Å². The molecule has 0 spiro atoms. The number of nitrogens with zero attached hydrogens (tertiary/aromatic N) is 2. The average Bonchev–Trinajstić information content (AvgIpc) is 2.82. The highest BCUT2D eigenvalue weighted by Gasteiger charge is 2.17. The summed E-state index contributed by atoms with van der Waals surface area (Å²) in [6.45, 7) is 4.23. The van der Waals surface area contributed by atoms with Gasteiger partial charge in [-0.2, -0.15) is 5.10 Å². The Bertz CT molecular complexity index is 1380. The van der Waals surface area contributed by atoms with E-state index in [1.807, 2.05) is 44.2 Å². The van der Waals surface area contributed by atoms with Gasteiger partial charge >= 0.3 is 0 Å². The van der Waals surface area contributed by atoms with Crippen molar-refractivity contribution < 1.29 is 9.59 Å². The number of anilines is 2. The highest BCUT2D eigenvalue weighted by Crippen LogP contribution is 2.18. The number of nitrogens with one attached hydrogen (secondary N) is 2. The summed E-state index contributed by atoms with van der Waals surface area (Å²) >= 11 is 0. The summed E-state index contributed by atoms with van der Waals surface area (Å²) in [7, 11) is 0. The smallest absolute Gasteiger partial charge is 0.276 e. The van der Waals surface area contributed by atoms with Crippen molar-refractivity contribution >= 4 is 34.0 Å². The molecule has 0 saturated carbocycles. The molecule has 0 aliphatic rings. The van der Waals surface area contributed by atoms with E-state index in [2.05, 4.69) is 15.7 Å². The van der Waals surface area contributed by atoms with Gasteiger partial charge in [-0.15, -0.1) is 0 Å². The Balaban J connectivity index is 1.59. The first kappa shape index (κ1) is 22.9. The third kappa shape index (κ3) is 5.38. The molecule has 0 aliphatic heterocycles. The van der Waals surface area contributed by atoms with Gasteiger partial charge in [0, 0.05) is 23.2 Å². The van der Waals surface area contributed by atoms with Gasteiger partial charge in [-0.25, -0.2) is 4.68 Å². The maximum Gasteiger partial charge on any atom is 0.276 e. The number of hydrogen-bond acceptors (Lipinski definition) is 4. The Hall–Kier alpha value is -4.26. The minimum atomic E-state index is -0.422. The molecule has 0 saturated heterocycles. The zero-order valence-corrected chi connectivity index (χ0v) is 19.1. The molecule has 1 heterocycles. The van der Waals surface area contributed by atoms with Crippen LogP contribution >= 0.6 is 0 Å². The first-order valence-electron chi connectivity index (χ1n) is 11.2. The average molecular weight is 455 g/mol. The molecule has 0 bridgehead atoms. The molecule has 2 amide bonds. The first-order valence-corrected chi connectivity index (χ1v) is 11.2. The predicted molar refractivity (Wildman–Crippen MR) is 134 cm³/mol. The number of carbonyl (C=O) groups is 2. The summed E-state index contributed by atoms with van der Waals surface area (Å²) in [4.78, 5) is 38.1. The molecule has 0 atom stereocenters. The zero-order chi connectivity index (χ0) is 24.1. The predicted octanol–water partition coefficient (Wildman–Crippen LogP) is 4.68. The van der Waals surface area contributed by atoms with Crippen molar-refractivity contribution in [1.82, 2.24) is 9.78 Å². The van der Waals surface area contributed by atoms with Crippen molar-refractivity contribution in [3.05, 3.63) is 100 Å². The minimum absolute atomic E-state index is 0.0527. The van der Waals surface area contributed by atoms with Crippen molar-refractivity contribution in [3.63, 3.8) is 0 Å². The van der Waals surface area contributed by atoms with E-state index in [9.17, 15) is 14.4 Å². The fraction of sp³-hybridized carbons (Fsp3) is 0.185. The Morgan fingerprint density at radius 3 is 2.06 bits per heavy atom. The number of amides is 2. The Labute approximate surface area is 197 Å². The number of carbonyl (C=O) groups excluding carboxylic acids is 2. The van der Waals surface area contributed by atoms with Gasteiger partial charge < -0.3 is 10.6 Å². The standard InChI is InChI=1S/C27H26N4O3/c1-18(2)16-24(32)28-20-12-14-21(15-13-20)29-26(33)25-22-10-6-7-11-23(22)27(34)31(30-25)17-19-8-4-3-5-9-19/h3-15,18H,16-17H2,1-2H3,(H,28,32)(H,29,33). The summed E-state index contributed by atoms with van der Waals surface area (Å²) in [5.74, 6) is -0.205. The zero-order valence-electron chi connectivity index (χ0n) is 19.1. The van der Waals surface area contributed by atoms with Crippen molar-refractivity contribution in [3.8, 4) is 0 Å². The fourth-order valence-electron chi connectivity index (χ4n) is 3.68. The summed E-state index contributed by atoms with van der Waals surface area (Å²) in [6, 6.07) is 23.4. The van der Waals surface area contributed by atoms with Crippen molar-refractivity contribution in [1.29, 1.82) is 0 Å². The van der Waals surface area contributed by atoms with Gasteiger partial charge in [0.2, 0.25) is 5.91 Å². The van der Waals surface area contributed by atoms with Crippen LogP contribution < -0.4 is 16.2 Å². The second kappa shape index (κ2) is 10.1. The van der Waals surface area contributed by atoms with E-state index in [1.165, 1.54) is 4.68 Å². The van der Waals surface area contributed by atoms with Gasteiger partial charge in [-0.1, -0.05) is 62.4 Å². The summed E-state index contributed by atoms with van der Waals surface area (Å²) in [5.41, 5.74) is 2.04. The monoisotopic (exact) mass is 454 g/mol. The quantitative estimate of drug-likeness (QED) is 0.424. The van der Waals surface area contributed by atoms with Crippen LogP contribution in [0, 0.1) is 5.92 Å². The van der Waals surface area contributed by atoms with E-state index in [1.54, 1.807) is 48.5 Å². The van der Waals surface area contributed by atoms with Crippen LogP contribution in [0.3, 0.4) is 0 Å². The number of hydrogen-bond donors (Lipinski definition) is 2. The second-order valence-corrected chi connectivity index (χ2v) is 8.52. The van der Waals surface area contributed by atoms with Crippen molar-refractivity contribution in [2.45, 2.75) is 26.8 Å². The fourth-order valence-corrected chi connectivity index (χ4v) is 3.68. The van der Waals surface area contributed by atoms with Crippen LogP contribution in [0.2, 0.25) is 0 Å². The maximum absolute atomic E-state index is 13.2. The molecule has 0 unspecified atom stereocenters. The summed E-state index contributed by atoms with van der Waals surface area (Å²) in [6.07, 6.45) is 0.440. The molecule has 7 heteroatoms. The third-order valence-corrected chi connectivity index (χ3v) is 5.28. The van der Waals surface area contributed by atoms with E-state index in [4.69, 9.17) is 0 Å². The molecule has 3 aromatic carbocycles. The molecule has 34 heavy (non-hydrogen) atoms. The molecular formula is C27H26N4O3. The number of benzene rings is 3. The molecule has 0 aliphatic carbocycles. The SMILES string of the molecule is CC(C)CC(=O)Nc1ccc(NC(=O)c2nn(Cc3ccccc3)c(=O)c3ccccc23)cc1. The molecule has 1 aromatic heterocycles. The molecule has 0 radical (unpaired) electrons. The molecule has 172 valence electrons. The van der Waals surface area contributed by atoms with E-state index in [0.717, 1.165) is 5.56 Å². The number of fused-ring (bicyclic) bond motifs is 1. The Morgan fingerprint density at radius 1 is 0.824 bits per heavy atom. The molecule has 0 fully saturated rings. The third-order valence-electron chi connectivity index (χ3n) is 5.28. The normalized spacial score (nSPS) is 10.9. The Morgan fingerprint density at radius 2 is 1.41 bits per heavy atom. The minimum Gasteiger partial charge on any atom is -0.326 e. The lowest BCUT2D eigenvalue weighted by Crippen LogP contribution is -2.28. The lowest BCUT2D eigenvalue weighted by molar-refractivity contribution is -0.116. The van der Waals surface area contributed by atoms with Gasteiger partial charge in [0.05, 0.1) is 11.9 Å². The molecule has 2 N–H and O–H groups in total. The van der Waals surface area contributed by atoms with Crippen LogP contribution in [0.15, 0.2) is 83.7 Å².